The first-order valence-corrected chi connectivity index (χ1v) is 11.0. The van der Waals surface area contributed by atoms with Gasteiger partial charge >= 0.3 is 0 Å². The Bertz CT molecular complexity index is 1050. The zero-order chi connectivity index (χ0) is 26.4. The lowest BCUT2D eigenvalue weighted by Gasteiger charge is -2.21. The van der Waals surface area contributed by atoms with E-state index in [1.807, 2.05) is 45.8 Å². The fourth-order valence-corrected chi connectivity index (χ4v) is 3.01. The number of anilines is 1. The van der Waals surface area contributed by atoms with Crippen molar-refractivity contribution < 1.29 is 23.8 Å². The van der Waals surface area contributed by atoms with Crippen LogP contribution in [0.4, 0.5) is 10.1 Å². The highest BCUT2D eigenvalue weighted by atomic mass is 19.1. The molecule has 35 heavy (non-hydrogen) atoms. The number of carbonyl (C=O) groups is 1. The summed E-state index contributed by atoms with van der Waals surface area (Å²) in [6, 6.07) is 10.3. The maximum Gasteiger partial charge on any atom is 0.214 e. The number of benzene rings is 1. The van der Waals surface area contributed by atoms with Crippen LogP contribution in [0.5, 0.6) is 5.88 Å². The summed E-state index contributed by atoms with van der Waals surface area (Å²) in [6.07, 6.45) is 4.28. The molecule has 0 unspecified atom stereocenters. The number of carbonyl (C=O) groups excluding carboxylic acids is 1. The summed E-state index contributed by atoms with van der Waals surface area (Å²) in [5.41, 5.74) is 15.0. The second-order valence-corrected chi connectivity index (χ2v) is 8.08. The van der Waals surface area contributed by atoms with Crippen molar-refractivity contribution in [3.05, 3.63) is 60.2 Å². The van der Waals surface area contributed by atoms with Crippen molar-refractivity contribution in [3.63, 3.8) is 0 Å². The first kappa shape index (κ1) is 29.6. The quantitative estimate of drug-likeness (QED) is 0.410. The molecule has 0 bridgehead atoms. The minimum atomic E-state index is -0.443. The summed E-state index contributed by atoms with van der Waals surface area (Å²) in [5, 5.41) is 8.99. The molecule has 0 atom stereocenters. The highest BCUT2D eigenvalue weighted by Crippen LogP contribution is 2.32. The van der Waals surface area contributed by atoms with Crippen LogP contribution in [0.25, 0.3) is 22.4 Å². The Morgan fingerprint density at radius 1 is 1.11 bits per heavy atom. The number of nitrogen functional groups attached to an aromatic ring is 1. The fraction of sp³-hybridized carbons (Fsp3) is 0.346. The molecule has 2 aromatic heterocycles. The highest BCUT2D eigenvalue weighted by Gasteiger charge is 2.14. The summed E-state index contributed by atoms with van der Waals surface area (Å²) in [7, 11) is 1.70. The number of aliphatic hydroxyl groups is 1. The van der Waals surface area contributed by atoms with Crippen molar-refractivity contribution in [1.82, 2.24) is 9.97 Å². The second-order valence-electron chi connectivity index (χ2n) is 8.08. The van der Waals surface area contributed by atoms with Gasteiger partial charge in [0.25, 0.3) is 0 Å². The summed E-state index contributed by atoms with van der Waals surface area (Å²) >= 11 is 0. The molecule has 0 aliphatic carbocycles. The van der Waals surface area contributed by atoms with E-state index in [0.29, 0.717) is 18.1 Å². The van der Waals surface area contributed by atoms with Gasteiger partial charge in [-0.25, -0.2) is 9.37 Å². The molecule has 1 aromatic carbocycles. The zero-order valence-electron chi connectivity index (χ0n) is 20.8. The van der Waals surface area contributed by atoms with Gasteiger partial charge in [0.05, 0.1) is 23.6 Å². The van der Waals surface area contributed by atoms with Crippen molar-refractivity contribution >= 4 is 12.5 Å². The number of nitrogens with two attached hydrogens (primary N) is 2. The number of ether oxygens (including phenoxy) is 2. The Labute approximate surface area is 206 Å². The molecule has 3 aromatic rings. The lowest BCUT2D eigenvalue weighted by atomic mass is 9.98. The van der Waals surface area contributed by atoms with E-state index in [4.69, 9.17) is 30.8 Å². The van der Waals surface area contributed by atoms with E-state index in [1.54, 1.807) is 31.6 Å². The third-order valence-electron chi connectivity index (χ3n) is 5.07. The SMILES string of the molecule is C=O.COC(C)(C)CCN.Cc1cc(F)c(N)cc1-c1cc(OCCO)nc(-c2ccncc2)c1. The van der Waals surface area contributed by atoms with Crippen LogP contribution < -0.4 is 16.2 Å². The van der Waals surface area contributed by atoms with E-state index in [1.165, 1.54) is 6.07 Å². The standard InChI is InChI=1S/C19H18FN3O2.C6H15NO.CH2O/c1-12-8-16(20)17(21)11-15(12)14-9-18(13-2-4-22-5-3-13)23-19(10-14)25-7-6-24;1-6(2,8-3)4-5-7;1-2/h2-5,8-11,24H,6-7,21H2,1H3;4-5,7H2,1-3H3;1H2. The molecule has 0 aliphatic rings. The van der Waals surface area contributed by atoms with Gasteiger partial charge in [0.1, 0.15) is 19.2 Å². The first-order chi connectivity index (χ1) is 16.7. The molecule has 0 saturated heterocycles. The number of hydrogen-bond donors (Lipinski definition) is 3. The van der Waals surface area contributed by atoms with Gasteiger partial charge in [-0.15, -0.1) is 0 Å². The lowest BCUT2D eigenvalue weighted by molar-refractivity contribution is -0.0980. The number of halogens is 1. The van der Waals surface area contributed by atoms with E-state index in [2.05, 4.69) is 9.97 Å². The number of aromatic nitrogens is 2. The molecular weight excluding hydrogens is 451 g/mol. The summed E-state index contributed by atoms with van der Waals surface area (Å²) < 4.78 is 24.3. The summed E-state index contributed by atoms with van der Waals surface area (Å²) in [5.74, 6) is -0.0675. The fourth-order valence-electron chi connectivity index (χ4n) is 3.01. The monoisotopic (exact) mass is 486 g/mol. The Kier molecular flexibility index (Phi) is 12.5. The number of nitrogens with zero attached hydrogens (tertiary/aromatic N) is 2. The van der Waals surface area contributed by atoms with Gasteiger partial charge in [-0.05, 0) is 80.8 Å². The van der Waals surface area contributed by atoms with Crippen LogP contribution in [0, 0.1) is 12.7 Å². The minimum Gasteiger partial charge on any atom is -0.475 e. The topological polar surface area (TPSA) is 134 Å². The molecule has 190 valence electrons. The van der Waals surface area contributed by atoms with Gasteiger partial charge in [-0.3, -0.25) is 4.98 Å². The molecule has 3 rings (SSSR count). The van der Waals surface area contributed by atoms with Gasteiger partial charge in [0.2, 0.25) is 5.88 Å². The van der Waals surface area contributed by atoms with Gasteiger partial charge in [0, 0.05) is 31.1 Å². The van der Waals surface area contributed by atoms with Gasteiger partial charge in [0.15, 0.2) is 0 Å². The summed E-state index contributed by atoms with van der Waals surface area (Å²) in [4.78, 5) is 16.5. The maximum absolute atomic E-state index is 13.7. The number of methoxy groups -OCH3 is 1. The van der Waals surface area contributed by atoms with Crippen molar-refractivity contribution in [3.8, 4) is 28.3 Å². The number of aryl methyl sites for hydroxylation is 1. The Morgan fingerprint density at radius 2 is 1.77 bits per heavy atom. The molecule has 0 radical (unpaired) electrons. The number of pyridine rings is 2. The number of aliphatic hydroxyl groups excluding tert-OH is 1. The molecule has 0 saturated carbocycles. The van der Waals surface area contributed by atoms with Crippen LogP contribution in [0.2, 0.25) is 0 Å². The smallest absolute Gasteiger partial charge is 0.214 e. The Balaban J connectivity index is 0.000000523. The molecule has 9 heteroatoms. The third kappa shape index (κ3) is 9.40. The Morgan fingerprint density at radius 3 is 2.31 bits per heavy atom. The van der Waals surface area contributed by atoms with Crippen LogP contribution >= 0.6 is 0 Å². The molecule has 0 spiro atoms. The predicted molar refractivity (Wildman–Crippen MR) is 136 cm³/mol. The van der Waals surface area contributed by atoms with Gasteiger partial charge < -0.3 is 30.8 Å². The minimum absolute atomic E-state index is 0.0330. The molecule has 0 aliphatic heterocycles. The van der Waals surface area contributed by atoms with E-state index < -0.39 is 5.82 Å². The first-order valence-electron chi connectivity index (χ1n) is 11.0. The van der Waals surface area contributed by atoms with Crippen molar-refractivity contribution in [1.29, 1.82) is 0 Å². The maximum atomic E-state index is 13.7. The van der Waals surface area contributed by atoms with Crippen molar-refractivity contribution in [2.45, 2.75) is 32.8 Å². The van der Waals surface area contributed by atoms with E-state index in [0.717, 1.165) is 28.7 Å². The van der Waals surface area contributed by atoms with Crippen molar-refractivity contribution in [2.75, 3.05) is 32.6 Å². The second kappa shape index (κ2) is 14.8. The molecule has 8 nitrogen and oxygen atoms in total. The third-order valence-corrected chi connectivity index (χ3v) is 5.07. The average Bonchev–Trinajstić information content (AvgIpc) is 2.87. The van der Waals surface area contributed by atoms with Gasteiger partial charge in [-0.2, -0.15) is 0 Å². The molecule has 2 heterocycles. The summed E-state index contributed by atoms with van der Waals surface area (Å²) in [6.45, 7) is 8.59. The number of hydrogen-bond acceptors (Lipinski definition) is 8. The van der Waals surface area contributed by atoms with Crippen LogP contribution in [0.15, 0.2) is 48.8 Å². The Hall–Kier alpha value is -3.40. The van der Waals surface area contributed by atoms with E-state index >= 15 is 0 Å². The highest BCUT2D eigenvalue weighted by molar-refractivity contribution is 5.75. The normalized spacial score (nSPS) is 10.5. The van der Waals surface area contributed by atoms with E-state index in [-0.39, 0.29) is 24.5 Å². The van der Waals surface area contributed by atoms with Crippen LogP contribution in [-0.4, -0.2) is 54.3 Å². The zero-order valence-corrected chi connectivity index (χ0v) is 20.8. The van der Waals surface area contributed by atoms with Crippen LogP contribution in [-0.2, 0) is 9.53 Å². The molecule has 0 amide bonds. The molecule has 0 fully saturated rings. The molecule has 5 N–H and O–H groups in total. The van der Waals surface area contributed by atoms with Crippen LogP contribution in [0.1, 0.15) is 25.8 Å². The van der Waals surface area contributed by atoms with Crippen molar-refractivity contribution in [2.24, 2.45) is 5.73 Å². The molecular formula is C26H35FN4O4. The van der Waals surface area contributed by atoms with Gasteiger partial charge in [-0.1, -0.05) is 0 Å². The average molecular weight is 487 g/mol. The number of rotatable bonds is 8. The lowest BCUT2D eigenvalue weighted by Crippen LogP contribution is -2.25. The van der Waals surface area contributed by atoms with E-state index in [9.17, 15) is 4.39 Å². The predicted octanol–water partition coefficient (Wildman–Crippen LogP) is 3.79. The van der Waals surface area contributed by atoms with Crippen LogP contribution in [0.3, 0.4) is 0 Å². The largest absolute Gasteiger partial charge is 0.475 e.